The van der Waals surface area contributed by atoms with Gasteiger partial charge >= 0.3 is 5.97 Å². The summed E-state index contributed by atoms with van der Waals surface area (Å²) in [6.45, 7) is 2.60. The minimum absolute atomic E-state index is 0.0472. The number of aliphatic carboxylic acids is 1. The van der Waals surface area contributed by atoms with Gasteiger partial charge in [0.25, 0.3) is 0 Å². The SMILES string of the molecule is CCn1c(SCC(=O)O)nnc1-c1cnn2ccncc12. The molecule has 9 heteroatoms. The molecule has 0 aliphatic carbocycles. The Morgan fingerprint density at radius 3 is 3.00 bits per heavy atom. The van der Waals surface area contributed by atoms with E-state index in [2.05, 4.69) is 20.3 Å². The first-order valence-electron chi connectivity index (χ1n) is 6.26. The molecule has 3 heterocycles. The van der Waals surface area contributed by atoms with Crippen LogP contribution in [0.1, 0.15) is 6.92 Å². The summed E-state index contributed by atoms with van der Waals surface area (Å²) >= 11 is 1.15. The first-order chi connectivity index (χ1) is 10.2. The van der Waals surface area contributed by atoms with Gasteiger partial charge in [0.1, 0.15) is 0 Å². The van der Waals surface area contributed by atoms with E-state index in [4.69, 9.17) is 5.11 Å². The van der Waals surface area contributed by atoms with Crippen LogP contribution in [-0.4, -0.2) is 46.2 Å². The number of thioether (sulfide) groups is 1. The molecule has 3 aromatic rings. The van der Waals surface area contributed by atoms with Gasteiger partial charge in [-0.25, -0.2) is 4.52 Å². The lowest BCUT2D eigenvalue weighted by atomic mass is 10.3. The third-order valence-corrected chi connectivity index (χ3v) is 3.88. The van der Waals surface area contributed by atoms with Crippen LogP contribution >= 0.6 is 11.8 Å². The predicted octanol–water partition coefficient (Wildman–Crippen LogP) is 1.18. The van der Waals surface area contributed by atoms with E-state index in [-0.39, 0.29) is 5.75 Å². The summed E-state index contributed by atoms with van der Waals surface area (Å²) in [4.78, 5) is 14.8. The van der Waals surface area contributed by atoms with Crippen molar-refractivity contribution in [1.82, 2.24) is 29.4 Å². The number of fused-ring (bicyclic) bond motifs is 1. The molecule has 0 amide bonds. The molecule has 0 aromatic carbocycles. The number of rotatable bonds is 5. The zero-order chi connectivity index (χ0) is 14.8. The second-order valence-corrected chi connectivity index (χ2v) is 5.14. The molecule has 3 aromatic heterocycles. The minimum atomic E-state index is -0.882. The van der Waals surface area contributed by atoms with E-state index in [1.165, 1.54) is 0 Å². The predicted molar refractivity (Wildman–Crippen MR) is 76.0 cm³/mol. The Bertz CT molecular complexity index is 796. The van der Waals surface area contributed by atoms with E-state index in [1.807, 2.05) is 11.5 Å². The van der Waals surface area contributed by atoms with Crippen molar-refractivity contribution < 1.29 is 9.90 Å². The largest absolute Gasteiger partial charge is 0.481 e. The van der Waals surface area contributed by atoms with E-state index in [9.17, 15) is 4.79 Å². The van der Waals surface area contributed by atoms with Crippen LogP contribution in [0.5, 0.6) is 0 Å². The number of hydrogen-bond donors (Lipinski definition) is 1. The van der Waals surface area contributed by atoms with Crippen LogP contribution in [0.2, 0.25) is 0 Å². The third kappa shape index (κ3) is 2.47. The molecule has 1 N–H and O–H groups in total. The second kappa shape index (κ2) is 5.52. The van der Waals surface area contributed by atoms with Crippen LogP contribution in [0.4, 0.5) is 0 Å². The first kappa shape index (κ1) is 13.6. The summed E-state index contributed by atoms with van der Waals surface area (Å²) in [6, 6.07) is 0. The number of carboxylic acids is 1. The van der Waals surface area contributed by atoms with Gasteiger partial charge < -0.3 is 9.67 Å². The van der Waals surface area contributed by atoms with Crippen molar-refractivity contribution in [3.05, 3.63) is 24.8 Å². The molecular weight excluding hydrogens is 292 g/mol. The van der Waals surface area contributed by atoms with E-state index in [0.717, 1.165) is 22.8 Å². The minimum Gasteiger partial charge on any atom is -0.481 e. The van der Waals surface area contributed by atoms with Crippen molar-refractivity contribution in [3.63, 3.8) is 0 Å². The van der Waals surface area contributed by atoms with Crippen molar-refractivity contribution in [2.45, 2.75) is 18.6 Å². The maximum absolute atomic E-state index is 10.7. The molecule has 0 spiro atoms. The zero-order valence-corrected chi connectivity index (χ0v) is 12.0. The van der Waals surface area contributed by atoms with Gasteiger partial charge in [0, 0.05) is 18.9 Å². The van der Waals surface area contributed by atoms with E-state index < -0.39 is 5.97 Å². The lowest BCUT2D eigenvalue weighted by Gasteiger charge is -2.05. The number of aromatic nitrogens is 6. The summed E-state index contributed by atoms with van der Waals surface area (Å²) in [5, 5.41) is 21.9. The molecule has 0 aliphatic rings. The molecule has 0 atom stereocenters. The molecule has 0 unspecified atom stereocenters. The second-order valence-electron chi connectivity index (χ2n) is 4.20. The van der Waals surface area contributed by atoms with Crippen molar-refractivity contribution in [1.29, 1.82) is 0 Å². The molecule has 0 radical (unpaired) electrons. The molecule has 0 saturated carbocycles. The van der Waals surface area contributed by atoms with Crippen LogP contribution in [0, 0.1) is 0 Å². The van der Waals surface area contributed by atoms with Gasteiger partial charge in [0.15, 0.2) is 11.0 Å². The zero-order valence-electron chi connectivity index (χ0n) is 11.2. The van der Waals surface area contributed by atoms with Gasteiger partial charge in [0.2, 0.25) is 0 Å². The Hall–Kier alpha value is -2.42. The van der Waals surface area contributed by atoms with Crippen LogP contribution in [0.15, 0.2) is 29.9 Å². The highest BCUT2D eigenvalue weighted by atomic mass is 32.2. The Morgan fingerprint density at radius 1 is 1.38 bits per heavy atom. The average molecular weight is 304 g/mol. The van der Waals surface area contributed by atoms with E-state index in [1.54, 1.807) is 29.3 Å². The fourth-order valence-electron chi connectivity index (χ4n) is 2.01. The highest BCUT2D eigenvalue weighted by Crippen LogP contribution is 2.26. The monoisotopic (exact) mass is 304 g/mol. The van der Waals surface area contributed by atoms with Gasteiger partial charge in [-0.2, -0.15) is 5.10 Å². The quantitative estimate of drug-likeness (QED) is 0.707. The molecule has 0 fully saturated rings. The lowest BCUT2D eigenvalue weighted by molar-refractivity contribution is -0.133. The van der Waals surface area contributed by atoms with Crippen LogP contribution in [0.25, 0.3) is 16.9 Å². The maximum Gasteiger partial charge on any atom is 0.313 e. The highest BCUT2D eigenvalue weighted by Gasteiger charge is 2.17. The third-order valence-electron chi connectivity index (χ3n) is 2.92. The number of carboxylic acid groups (broad SMARTS) is 1. The summed E-state index contributed by atoms with van der Waals surface area (Å²) < 4.78 is 3.58. The van der Waals surface area contributed by atoms with Gasteiger partial charge in [-0.15, -0.1) is 10.2 Å². The number of nitrogens with zero attached hydrogens (tertiary/aromatic N) is 6. The normalized spacial score (nSPS) is 11.1. The molecule has 108 valence electrons. The summed E-state index contributed by atoms with van der Waals surface area (Å²) in [7, 11) is 0. The van der Waals surface area contributed by atoms with Crippen LogP contribution in [-0.2, 0) is 11.3 Å². The van der Waals surface area contributed by atoms with Crippen LogP contribution < -0.4 is 0 Å². The van der Waals surface area contributed by atoms with Crippen molar-refractivity contribution >= 4 is 23.2 Å². The van der Waals surface area contributed by atoms with Crippen LogP contribution in [0.3, 0.4) is 0 Å². The number of carbonyl (C=O) groups is 1. The summed E-state index contributed by atoms with van der Waals surface area (Å²) in [5.41, 5.74) is 1.65. The van der Waals surface area contributed by atoms with Gasteiger partial charge in [-0.1, -0.05) is 11.8 Å². The Morgan fingerprint density at radius 2 is 2.24 bits per heavy atom. The first-order valence-corrected chi connectivity index (χ1v) is 7.24. The lowest BCUT2D eigenvalue weighted by Crippen LogP contribution is -2.03. The van der Waals surface area contributed by atoms with Crippen molar-refractivity contribution in [3.8, 4) is 11.4 Å². The standard InChI is InChI=1S/C12H12N6O2S/c1-2-17-11(15-16-12(17)21-7-10(19)20)8-5-14-18-4-3-13-6-9(8)18/h3-6H,2,7H2,1H3,(H,19,20). The molecule has 0 aliphatic heterocycles. The van der Waals surface area contributed by atoms with Gasteiger partial charge in [-0.05, 0) is 6.92 Å². The topological polar surface area (TPSA) is 98.2 Å². The fourth-order valence-corrected chi connectivity index (χ4v) is 2.74. The average Bonchev–Trinajstić information content (AvgIpc) is 3.08. The van der Waals surface area contributed by atoms with Gasteiger partial charge in [0.05, 0.1) is 29.2 Å². The molecule has 8 nitrogen and oxygen atoms in total. The molecular formula is C12H12N6O2S. The smallest absolute Gasteiger partial charge is 0.313 e. The van der Waals surface area contributed by atoms with E-state index >= 15 is 0 Å². The van der Waals surface area contributed by atoms with Gasteiger partial charge in [-0.3, -0.25) is 9.78 Å². The Balaban J connectivity index is 2.04. The highest BCUT2D eigenvalue weighted by molar-refractivity contribution is 7.99. The molecule has 21 heavy (non-hydrogen) atoms. The summed E-state index contributed by atoms with van der Waals surface area (Å²) in [6.07, 6.45) is 6.83. The molecule has 0 saturated heterocycles. The maximum atomic E-state index is 10.7. The van der Waals surface area contributed by atoms with E-state index in [0.29, 0.717) is 17.5 Å². The Labute approximate surface area is 123 Å². The number of hydrogen-bond acceptors (Lipinski definition) is 6. The summed E-state index contributed by atoms with van der Waals surface area (Å²) in [5.74, 6) is -0.269. The Kier molecular flexibility index (Phi) is 3.57. The molecule has 0 bridgehead atoms. The fraction of sp³-hybridized carbons (Fsp3) is 0.250. The van der Waals surface area contributed by atoms with Crippen molar-refractivity contribution in [2.75, 3.05) is 5.75 Å². The van der Waals surface area contributed by atoms with Crippen molar-refractivity contribution in [2.24, 2.45) is 0 Å². The molecule has 3 rings (SSSR count).